The van der Waals surface area contributed by atoms with E-state index in [1.165, 1.54) is 19.3 Å². The topological polar surface area (TPSA) is 59.2 Å². The highest BCUT2D eigenvalue weighted by Crippen LogP contribution is 2.38. The lowest BCUT2D eigenvalue weighted by Crippen LogP contribution is -2.22. The average molecular weight is 250 g/mol. The molecule has 0 spiro atoms. The molecule has 0 aromatic carbocycles. The van der Waals surface area contributed by atoms with Crippen LogP contribution in [0.15, 0.2) is 4.52 Å². The maximum atomic E-state index is 10.0. The molecule has 0 bridgehead atoms. The van der Waals surface area contributed by atoms with Crippen LogP contribution in [0.2, 0.25) is 0 Å². The number of aromatic nitrogens is 2. The largest absolute Gasteiger partial charge is 0.392 e. The van der Waals surface area contributed by atoms with Gasteiger partial charge in [-0.05, 0) is 38.0 Å². The molecular weight excluding hydrogens is 228 g/mol. The summed E-state index contributed by atoms with van der Waals surface area (Å²) in [4.78, 5) is 4.56. The van der Waals surface area contributed by atoms with Crippen LogP contribution in [0.3, 0.4) is 0 Å². The first-order chi connectivity index (χ1) is 8.74. The summed E-state index contributed by atoms with van der Waals surface area (Å²) < 4.78 is 5.40. The van der Waals surface area contributed by atoms with Gasteiger partial charge in [0.1, 0.15) is 0 Å². The van der Waals surface area contributed by atoms with E-state index >= 15 is 0 Å². The molecule has 2 aliphatic carbocycles. The summed E-state index contributed by atoms with van der Waals surface area (Å²) in [5.41, 5.74) is 0. The van der Waals surface area contributed by atoms with Gasteiger partial charge in [0.2, 0.25) is 5.89 Å². The fourth-order valence-corrected chi connectivity index (χ4v) is 3.40. The van der Waals surface area contributed by atoms with Crippen molar-refractivity contribution in [2.24, 2.45) is 5.92 Å². The van der Waals surface area contributed by atoms with Crippen molar-refractivity contribution in [1.29, 1.82) is 0 Å². The van der Waals surface area contributed by atoms with E-state index < -0.39 is 0 Å². The molecule has 100 valence electrons. The Hall–Kier alpha value is -0.900. The van der Waals surface area contributed by atoms with Gasteiger partial charge in [0, 0.05) is 5.92 Å². The molecule has 1 aromatic rings. The van der Waals surface area contributed by atoms with Crippen molar-refractivity contribution in [3.05, 3.63) is 11.7 Å². The molecule has 4 unspecified atom stereocenters. The van der Waals surface area contributed by atoms with E-state index in [9.17, 15) is 5.11 Å². The van der Waals surface area contributed by atoms with Crippen LogP contribution in [0.25, 0.3) is 0 Å². The number of hydrogen-bond acceptors (Lipinski definition) is 4. The van der Waals surface area contributed by atoms with E-state index in [1.807, 2.05) is 0 Å². The summed E-state index contributed by atoms with van der Waals surface area (Å²) in [6.07, 6.45) is 7.42. The molecule has 1 N–H and O–H groups in total. The van der Waals surface area contributed by atoms with Crippen LogP contribution in [0.1, 0.15) is 75.4 Å². The highest BCUT2D eigenvalue weighted by Gasteiger charge is 2.32. The first-order valence-corrected chi connectivity index (χ1v) is 7.25. The maximum absolute atomic E-state index is 10.0. The van der Waals surface area contributed by atoms with Crippen LogP contribution in [0.5, 0.6) is 0 Å². The summed E-state index contributed by atoms with van der Waals surface area (Å²) in [6.45, 7) is 2.28. The molecule has 0 aliphatic heterocycles. The van der Waals surface area contributed by atoms with Crippen molar-refractivity contribution >= 4 is 0 Å². The summed E-state index contributed by atoms with van der Waals surface area (Å²) in [7, 11) is 0. The Balaban J connectivity index is 1.72. The van der Waals surface area contributed by atoms with Crippen molar-refractivity contribution < 1.29 is 9.63 Å². The lowest BCUT2D eigenvalue weighted by atomic mass is 9.86. The van der Waals surface area contributed by atoms with Gasteiger partial charge >= 0.3 is 0 Å². The average Bonchev–Trinajstić information content (AvgIpc) is 2.98. The lowest BCUT2D eigenvalue weighted by molar-refractivity contribution is 0.0908. The maximum Gasteiger partial charge on any atom is 0.232 e. The molecule has 3 rings (SSSR count). The Kier molecular flexibility index (Phi) is 3.37. The number of rotatable bonds is 2. The minimum atomic E-state index is -0.297. The standard InChI is InChI=1S/C14H22N2O2/c1-9-6-7-10(8-9)13-15-14(18-16-13)11-4-2-3-5-12(11)17/h9-12,17H,2-8H2,1H3. The van der Waals surface area contributed by atoms with Crippen molar-refractivity contribution in [2.45, 2.75) is 69.8 Å². The second-order valence-corrected chi connectivity index (χ2v) is 6.06. The van der Waals surface area contributed by atoms with E-state index in [4.69, 9.17) is 4.52 Å². The normalized spacial score (nSPS) is 37.0. The molecule has 0 radical (unpaired) electrons. The van der Waals surface area contributed by atoms with Crippen LogP contribution in [-0.2, 0) is 0 Å². The zero-order valence-electron chi connectivity index (χ0n) is 11.0. The van der Waals surface area contributed by atoms with Gasteiger partial charge in [-0.1, -0.05) is 24.9 Å². The van der Waals surface area contributed by atoms with Crippen LogP contribution in [0, 0.1) is 5.92 Å². The van der Waals surface area contributed by atoms with Crippen molar-refractivity contribution in [1.82, 2.24) is 10.1 Å². The van der Waals surface area contributed by atoms with Crippen LogP contribution in [0.4, 0.5) is 0 Å². The van der Waals surface area contributed by atoms with Gasteiger partial charge < -0.3 is 9.63 Å². The zero-order chi connectivity index (χ0) is 12.5. The third-order valence-electron chi connectivity index (χ3n) is 4.56. The Morgan fingerprint density at radius 2 is 2.00 bits per heavy atom. The summed E-state index contributed by atoms with van der Waals surface area (Å²) in [5.74, 6) is 2.85. The first-order valence-electron chi connectivity index (χ1n) is 7.25. The molecule has 18 heavy (non-hydrogen) atoms. The van der Waals surface area contributed by atoms with Gasteiger partial charge in [-0.3, -0.25) is 0 Å². The number of nitrogens with zero attached hydrogens (tertiary/aromatic N) is 2. The second kappa shape index (κ2) is 5.00. The van der Waals surface area contributed by atoms with Gasteiger partial charge in [0.25, 0.3) is 0 Å². The van der Waals surface area contributed by atoms with E-state index in [1.54, 1.807) is 0 Å². The molecule has 2 saturated carbocycles. The molecular formula is C14H22N2O2. The second-order valence-electron chi connectivity index (χ2n) is 6.06. The van der Waals surface area contributed by atoms with Crippen LogP contribution in [-0.4, -0.2) is 21.4 Å². The number of hydrogen-bond donors (Lipinski definition) is 1. The molecule has 4 heteroatoms. The third kappa shape index (κ3) is 2.30. The van der Waals surface area contributed by atoms with Gasteiger partial charge in [-0.15, -0.1) is 0 Å². The lowest BCUT2D eigenvalue weighted by Gasteiger charge is -2.24. The highest BCUT2D eigenvalue weighted by atomic mass is 16.5. The Morgan fingerprint density at radius 1 is 1.17 bits per heavy atom. The smallest absolute Gasteiger partial charge is 0.232 e. The predicted octanol–water partition coefficient (Wildman–Crippen LogP) is 2.99. The number of aliphatic hydroxyl groups is 1. The molecule has 0 amide bonds. The zero-order valence-corrected chi connectivity index (χ0v) is 11.0. The quantitative estimate of drug-likeness (QED) is 0.876. The SMILES string of the molecule is CC1CCC(c2noc(C3CCCCC3O)n2)C1. The summed E-state index contributed by atoms with van der Waals surface area (Å²) in [6, 6.07) is 0. The van der Waals surface area contributed by atoms with Gasteiger partial charge in [0.05, 0.1) is 12.0 Å². The van der Waals surface area contributed by atoms with Crippen LogP contribution >= 0.6 is 0 Å². The number of aliphatic hydroxyl groups excluding tert-OH is 1. The van der Waals surface area contributed by atoms with Gasteiger partial charge in [0.15, 0.2) is 5.82 Å². The summed E-state index contributed by atoms with van der Waals surface area (Å²) in [5, 5.41) is 14.2. The van der Waals surface area contributed by atoms with E-state index in [0.717, 1.165) is 37.4 Å². The Labute approximate surface area is 108 Å². The van der Waals surface area contributed by atoms with Crippen molar-refractivity contribution in [3.8, 4) is 0 Å². The summed E-state index contributed by atoms with van der Waals surface area (Å²) >= 11 is 0. The minimum absolute atomic E-state index is 0.0684. The first kappa shape index (κ1) is 12.2. The fourth-order valence-electron chi connectivity index (χ4n) is 3.40. The van der Waals surface area contributed by atoms with Crippen molar-refractivity contribution in [2.75, 3.05) is 0 Å². The van der Waals surface area contributed by atoms with Crippen LogP contribution < -0.4 is 0 Å². The molecule has 1 aromatic heterocycles. The monoisotopic (exact) mass is 250 g/mol. The Morgan fingerprint density at radius 3 is 2.72 bits per heavy atom. The molecule has 4 nitrogen and oxygen atoms in total. The van der Waals surface area contributed by atoms with Gasteiger partial charge in [-0.2, -0.15) is 4.98 Å². The third-order valence-corrected chi connectivity index (χ3v) is 4.56. The minimum Gasteiger partial charge on any atom is -0.392 e. The van der Waals surface area contributed by atoms with E-state index in [0.29, 0.717) is 11.8 Å². The molecule has 2 fully saturated rings. The molecule has 2 aliphatic rings. The molecule has 4 atom stereocenters. The van der Waals surface area contributed by atoms with E-state index in [-0.39, 0.29) is 12.0 Å². The molecule has 0 saturated heterocycles. The van der Waals surface area contributed by atoms with Crippen molar-refractivity contribution in [3.63, 3.8) is 0 Å². The van der Waals surface area contributed by atoms with Gasteiger partial charge in [-0.25, -0.2) is 0 Å². The highest BCUT2D eigenvalue weighted by molar-refractivity contribution is 5.04. The fraction of sp³-hybridized carbons (Fsp3) is 0.857. The molecule has 1 heterocycles. The Bertz CT molecular complexity index is 404. The van der Waals surface area contributed by atoms with E-state index in [2.05, 4.69) is 17.1 Å². The predicted molar refractivity (Wildman–Crippen MR) is 67.3 cm³/mol.